The van der Waals surface area contributed by atoms with Gasteiger partial charge in [-0.05, 0) is 36.4 Å². The van der Waals surface area contributed by atoms with Crippen LogP contribution < -0.4 is 20.5 Å². The zero-order chi connectivity index (χ0) is 22.4. The van der Waals surface area contributed by atoms with Gasteiger partial charge in [0, 0.05) is 23.0 Å². The summed E-state index contributed by atoms with van der Waals surface area (Å²) in [7, 11) is 1.50. The molecule has 1 atom stereocenters. The molecular weight excluding hydrogens is 470 g/mol. The van der Waals surface area contributed by atoms with Gasteiger partial charge in [-0.3, -0.25) is 30.0 Å². The normalized spacial score (nSPS) is 15.4. The van der Waals surface area contributed by atoms with Crippen LogP contribution in [0.2, 0.25) is 0 Å². The van der Waals surface area contributed by atoms with E-state index in [1.54, 1.807) is 48.5 Å². The minimum atomic E-state index is -0.706. The van der Waals surface area contributed by atoms with Gasteiger partial charge in [0.25, 0.3) is 11.8 Å². The molecule has 3 amide bonds. The molecule has 0 bridgehead atoms. The van der Waals surface area contributed by atoms with Crippen LogP contribution in [0.1, 0.15) is 16.8 Å². The van der Waals surface area contributed by atoms with Crippen molar-refractivity contribution in [1.82, 2.24) is 10.9 Å². The Balaban J connectivity index is 1.47. The number of carbonyl (C=O) groups excluding carboxylic acids is 4. The fourth-order valence-electron chi connectivity index (χ4n) is 3.04. The Morgan fingerprint density at radius 1 is 1.10 bits per heavy atom. The smallest absolute Gasteiger partial charge is 0.311 e. The predicted octanol–water partition coefficient (Wildman–Crippen LogP) is 1.82. The number of nitrogens with zero attached hydrogens (tertiary/aromatic N) is 1. The van der Waals surface area contributed by atoms with Crippen LogP contribution in [0.25, 0.3) is 0 Å². The number of benzene rings is 2. The number of carbonyl (C=O) groups is 4. The van der Waals surface area contributed by atoms with E-state index in [9.17, 15) is 19.2 Å². The monoisotopic (exact) mass is 489 g/mol. The quantitative estimate of drug-likeness (QED) is 0.472. The maximum absolute atomic E-state index is 12.4. The second-order valence-corrected chi connectivity index (χ2v) is 7.61. The summed E-state index contributed by atoms with van der Waals surface area (Å²) in [4.78, 5) is 50.0. The molecule has 2 aromatic rings. The van der Waals surface area contributed by atoms with E-state index in [1.165, 1.54) is 12.0 Å². The molecule has 2 aromatic carbocycles. The largest absolute Gasteiger partial charge is 0.495 e. The fraction of sp³-hybridized carbons (Fsp3) is 0.238. The predicted molar refractivity (Wildman–Crippen MR) is 114 cm³/mol. The van der Waals surface area contributed by atoms with Crippen molar-refractivity contribution in [2.45, 2.75) is 6.42 Å². The van der Waals surface area contributed by atoms with E-state index >= 15 is 0 Å². The van der Waals surface area contributed by atoms with Gasteiger partial charge in [0.2, 0.25) is 5.91 Å². The van der Waals surface area contributed by atoms with Crippen LogP contribution >= 0.6 is 15.9 Å². The summed E-state index contributed by atoms with van der Waals surface area (Å²) in [6.07, 6.45) is -0.0290. The van der Waals surface area contributed by atoms with Crippen LogP contribution in [0.15, 0.2) is 53.0 Å². The van der Waals surface area contributed by atoms with Crippen LogP contribution in [-0.4, -0.2) is 44.0 Å². The highest BCUT2D eigenvalue weighted by Gasteiger charge is 2.37. The number of methoxy groups -OCH3 is 1. The van der Waals surface area contributed by atoms with E-state index in [4.69, 9.17) is 9.47 Å². The van der Waals surface area contributed by atoms with Crippen molar-refractivity contribution in [3.8, 4) is 5.75 Å². The Labute approximate surface area is 186 Å². The average molecular weight is 490 g/mol. The van der Waals surface area contributed by atoms with Gasteiger partial charge in [-0.2, -0.15) is 0 Å². The number of hydrogen-bond donors (Lipinski definition) is 2. The van der Waals surface area contributed by atoms with Gasteiger partial charge in [-0.25, -0.2) is 0 Å². The van der Waals surface area contributed by atoms with E-state index in [2.05, 4.69) is 26.8 Å². The summed E-state index contributed by atoms with van der Waals surface area (Å²) in [6.45, 7) is -0.460. The highest BCUT2D eigenvalue weighted by molar-refractivity contribution is 9.10. The Morgan fingerprint density at radius 2 is 1.81 bits per heavy atom. The van der Waals surface area contributed by atoms with Gasteiger partial charge in [0.15, 0.2) is 6.61 Å². The van der Waals surface area contributed by atoms with Gasteiger partial charge in [0.05, 0.1) is 18.7 Å². The first kappa shape index (κ1) is 22.3. The molecule has 1 saturated heterocycles. The summed E-state index contributed by atoms with van der Waals surface area (Å²) in [5.41, 5.74) is 5.33. The molecule has 3 rings (SSSR count). The molecule has 1 heterocycles. The van der Waals surface area contributed by atoms with Crippen LogP contribution in [0.5, 0.6) is 5.75 Å². The van der Waals surface area contributed by atoms with Crippen molar-refractivity contribution in [3.63, 3.8) is 0 Å². The maximum atomic E-state index is 12.4. The summed E-state index contributed by atoms with van der Waals surface area (Å²) < 4.78 is 11.1. The molecule has 0 spiro atoms. The van der Waals surface area contributed by atoms with Crippen molar-refractivity contribution in [1.29, 1.82) is 0 Å². The van der Waals surface area contributed by atoms with E-state index in [0.29, 0.717) is 17.0 Å². The molecule has 162 valence electrons. The first-order valence-corrected chi connectivity index (χ1v) is 10.1. The molecule has 0 aliphatic carbocycles. The third-order valence-corrected chi connectivity index (χ3v) is 5.13. The highest BCUT2D eigenvalue weighted by Crippen LogP contribution is 2.33. The van der Waals surface area contributed by atoms with Crippen molar-refractivity contribution in [3.05, 3.63) is 58.6 Å². The second kappa shape index (κ2) is 10.1. The Morgan fingerprint density at radius 3 is 2.52 bits per heavy atom. The average Bonchev–Trinajstić information content (AvgIpc) is 3.17. The lowest BCUT2D eigenvalue weighted by atomic mass is 10.1. The van der Waals surface area contributed by atoms with Crippen molar-refractivity contribution < 1.29 is 28.7 Å². The van der Waals surface area contributed by atoms with Gasteiger partial charge < -0.3 is 14.4 Å². The molecule has 1 fully saturated rings. The number of anilines is 1. The maximum Gasteiger partial charge on any atom is 0.311 e. The van der Waals surface area contributed by atoms with Crippen LogP contribution in [0, 0.1) is 5.92 Å². The number of ether oxygens (including phenoxy) is 2. The molecule has 1 aliphatic heterocycles. The molecule has 10 heteroatoms. The number of amides is 3. The summed E-state index contributed by atoms with van der Waals surface area (Å²) in [5, 5.41) is 0. The lowest BCUT2D eigenvalue weighted by molar-refractivity contribution is -0.152. The third kappa shape index (κ3) is 5.60. The van der Waals surface area contributed by atoms with E-state index in [0.717, 1.165) is 4.47 Å². The van der Waals surface area contributed by atoms with Crippen LogP contribution in [0.3, 0.4) is 0 Å². The molecule has 0 aromatic heterocycles. The molecule has 0 unspecified atom stereocenters. The molecule has 2 N–H and O–H groups in total. The molecule has 0 saturated carbocycles. The first-order valence-electron chi connectivity index (χ1n) is 9.34. The van der Waals surface area contributed by atoms with Crippen LogP contribution in [-0.2, 0) is 19.1 Å². The summed E-state index contributed by atoms with van der Waals surface area (Å²) in [6, 6.07) is 13.5. The SMILES string of the molecule is COc1ccccc1N1C[C@@H](C(=O)OCC(=O)NNC(=O)c2ccc(Br)cc2)CC1=O. The number of hydrazine groups is 1. The standard InChI is InChI=1S/C21H20BrN3O6/c1-30-17-5-3-2-4-16(17)25-11-14(10-19(25)27)21(29)31-12-18(26)23-24-20(28)13-6-8-15(22)9-7-13/h2-9,14H,10-12H2,1H3,(H,23,26)(H,24,28)/t14-/m0/s1. The van der Waals surface area contributed by atoms with E-state index < -0.39 is 30.3 Å². The minimum absolute atomic E-state index is 0.0290. The zero-order valence-electron chi connectivity index (χ0n) is 16.6. The Hall–Kier alpha value is -3.40. The zero-order valence-corrected chi connectivity index (χ0v) is 18.2. The molecule has 0 radical (unpaired) electrons. The van der Waals surface area contributed by atoms with E-state index in [-0.39, 0.29) is 18.9 Å². The number of para-hydroxylation sites is 2. The van der Waals surface area contributed by atoms with Crippen molar-refractivity contribution >= 4 is 45.3 Å². The highest BCUT2D eigenvalue weighted by atomic mass is 79.9. The second-order valence-electron chi connectivity index (χ2n) is 6.69. The lowest BCUT2D eigenvalue weighted by Crippen LogP contribution is -2.43. The minimum Gasteiger partial charge on any atom is -0.495 e. The molecule has 31 heavy (non-hydrogen) atoms. The summed E-state index contributed by atoms with van der Waals surface area (Å²) >= 11 is 3.27. The number of halogens is 1. The lowest BCUT2D eigenvalue weighted by Gasteiger charge is -2.19. The van der Waals surface area contributed by atoms with Crippen LogP contribution in [0.4, 0.5) is 5.69 Å². The fourth-order valence-corrected chi connectivity index (χ4v) is 3.31. The first-order chi connectivity index (χ1) is 14.9. The number of nitrogens with one attached hydrogen (secondary N) is 2. The summed E-state index contributed by atoms with van der Waals surface area (Å²) in [5.74, 6) is -2.31. The Kier molecular flexibility index (Phi) is 7.24. The van der Waals surface area contributed by atoms with Gasteiger partial charge in [-0.1, -0.05) is 28.1 Å². The third-order valence-electron chi connectivity index (χ3n) is 4.60. The van der Waals surface area contributed by atoms with Gasteiger partial charge in [-0.15, -0.1) is 0 Å². The topological polar surface area (TPSA) is 114 Å². The van der Waals surface area contributed by atoms with Gasteiger partial charge >= 0.3 is 5.97 Å². The number of esters is 1. The molecular formula is C21H20BrN3O6. The number of rotatable bonds is 6. The van der Waals surface area contributed by atoms with Crippen molar-refractivity contribution in [2.75, 3.05) is 25.2 Å². The Bertz CT molecular complexity index is 995. The molecule has 9 nitrogen and oxygen atoms in total. The van der Waals surface area contributed by atoms with Gasteiger partial charge in [0.1, 0.15) is 5.75 Å². The van der Waals surface area contributed by atoms with E-state index in [1.807, 2.05) is 0 Å². The number of hydrogen-bond acceptors (Lipinski definition) is 6. The molecule has 1 aliphatic rings. The van der Waals surface area contributed by atoms with Crippen molar-refractivity contribution in [2.24, 2.45) is 5.92 Å².